The van der Waals surface area contributed by atoms with Gasteiger partial charge in [-0.05, 0) is 57.3 Å². The van der Waals surface area contributed by atoms with E-state index in [2.05, 4.69) is 25.3 Å². The molecule has 0 spiro atoms. The van der Waals surface area contributed by atoms with E-state index in [0.717, 1.165) is 31.5 Å². The molecule has 0 bridgehead atoms. The van der Waals surface area contributed by atoms with Crippen LogP contribution in [0.1, 0.15) is 37.8 Å². The van der Waals surface area contributed by atoms with Gasteiger partial charge in [-0.25, -0.2) is 19.7 Å². The lowest BCUT2D eigenvalue weighted by atomic mass is 9.77. The highest BCUT2D eigenvalue weighted by Crippen LogP contribution is 2.51. The number of aromatic nitrogens is 2. The minimum absolute atomic E-state index is 0.00949. The van der Waals surface area contributed by atoms with Gasteiger partial charge in [-0.1, -0.05) is 6.08 Å². The van der Waals surface area contributed by atoms with Crippen LogP contribution in [0.5, 0.6) is 17.2 Å². The van der Waals surface area contributed by atoms with E-state index in [1.54, 1.807) is 38.6 Å². The number of rotatable bonds is 8. The summed E-state index contributed by atoms with van der Waals surface area (Å²) in [6.07, 6.45) is 8.62. The zero-order valence-corrected chi connectivity index (χ0v) is 26.3. The second-order valence-corrected chi connectivity index (χ2v) is 12.1. The number of piperidine rings is 1. The van der Waals surface area contributed by atoms with Crippen LogP contribution in [0.3, 0.4) is 0 Å². The number of esters is 1. The Balaban J connectivity index is 1.23. The van der Waals surface area contributed by atoms with Crippen LogP contribution < -0.4 is 29.5 Å². The number of fused-ring (bicyclic) bond motifs is 3. The third-order valence-corrected chi connectivity index (χ3v) is 9.29. The van der Waals surface area contributed by atoms with E-state index in [0.29, 0.717) is 58.0 Å². The molecular weight excluding hydrogens is 608 g/mol. The number of hydrogen-bond donors (Lipinski definition) is 4. The first-order valence-electron chi connectivity index (χ1n) is 15.7. The molecule has 47 heavy (non-hydrogen) atoms. The van der Waals surface area contributed by atoms with E-state index in [1.807, 2.05) is 17.6 Å². The lowest BCUT2D eigenvalue weighted by molar-refractivity contribution is -0.730. The van der Waals surface area contributed by atoms with Crippen LogP contribution in [-0.4, -0.2) is 89.2 Å². The summed E-state index contributed by atoms with van der Waals surface area (Å²) >= 11 is 0. The Bertz CT molecular complexity index is 1800. The Morgan fingerprint density at radius 3 is 2.89 bits per heavy atom. The van der Waals surface area contributed by atoms with Crippen molar-refractivity contribution >= 4 is 40.9 Å². The summed E-state index contributed by atoms with van der Waals surface area (Å²) < 4.78 is 25.6. The van der Waals surface area contributed by atoms with Gasteiger partial charge in [0.15, 0.2) is 12.4 Å². The van der Waals surface area contributed by atoms with Crippen LogP contribution >= 0.6 is 0 Å². The number of aliphatic imine (C=N–C) groups is 3. The van der Waals surface area contributed by atoms with Crippen LogP contribution in [0, 0.1) is 11.3 Å². The number of quaternary nitrogens is 1. The average molecular weight is 645 g/mol. The number of carbonyl (C=O) groups is 1. The van der Waals surface area contributed by atoms with E-state index in [9.17, 15) is 15.0 Å². The minimum Gasteiger partial charge on any atom is -0.857 e. The van der Waals surface area contributed by atoms with Gasteiger partial charge in [0.1, 0.15) is 29.0 Å². The van der Waals surface area contributed by atoms with E-state index in [1.165, 1.54) is 0 Å². The van der Waals surface area contributed by atoms with Crippen molar-refractivity contribution < 1.29 is 38.9 Å². The molecule has 1 aromatic carbocycles. The standard InChI is InChI=1S/C32H36N8O7/c1-4-45-29(42)22-13-17(7-11-39-12-10-35-31(39)40-16-36-25-27(40)37-30(33)38-28(25)41)24-21(46-22)15-20-19(26(24)44-3)14-23(47-20)32(2,43)18-5-8-34-9-6-18/h7,10,12-13,15,18,23,34,43H,4-6,8-9,11,14,16H2,1-3H3,(H2,33,38,41)/t23-,32+/m0/s1. The lowest BCUT2D eigenvalue weighted by Crippen LogP contribution is -3.10. The van der Waals surface area contributed by atoms with E-state index in [4.69, 9.17) is 24.4 Å². The quantitative estimate of drug-likeness (QED) is 0.284. The summed E-state index contributed by atoms with van der Waals surface area (Å²) in [6, 6.07) is 1.75. The summed E-state index contributed by atoms with van der Waals surface area (Å²) in [6.45, 7) is 5.93. The number of carbonyl (C=O) groups excluding carboxylic acids is 1. The molecule has 0 radical (unpaired) electrons. The Morgan fingerprint density at radius 2 is 2.13 bits per heavy atom. The Labute approximate surface area is 270 Å². The highest BCUT2D eigenvalue weighted by atomic mass is 16.6. The Hall–Kier alpha value is -4.86. The fourth-order valence-electron chi connectivity index (χ4n) is 6.85. The van der Waals surface area contributed by atoms with Crippen LogP contribution in [0.2, 0.25) is 0 Å². The highest BCUT2D eigenvalue weighted by molar-refractivity contribution is 6.66. The fourth-order valence-corrected chi connectivity index (χ4v) is 6.85. The number of guanidine groups is 1. The maximum atomic E-state index is 12.9. The van der Waals surface area contributed by atoms with Gasteiger partial charge in [-0.15, -0.1) is 0 Å². The molecule has 4 N–H and O–H groups in total. The zero-order chi connectivity index (χ0) is 32.9. The molecule has 1 unspecified atom stereocenters. The number of amidine groups is 1. The molecule has 3 atom stereocenters. The summed E-state index contributed by atoms with van der Waals surface area (Å²) in [4.78, 5) is 30.1. The molecule has 1 fully saturated rings. The molecule has 15 heteroatoms. The third kappa shape index (κ3) is 5.39. The number of nitrogens with one attached hydrogen (secondary N) is 3. The summed E-state index contributed by atoms with van der Waals surface area (Å²) in [5, 5.41) is 35.2. The molecule has 1 aromatic heterocycles. The molecule has 2 aromatic rings. The number of imidazole rings is 1. The largest absolute Gasteiger partial charge is 0.857 e. The van der Waals surface area contributed by atoms with Crippen molar-refractivity contribution in [3.8, 4) is 17.2 Å². The molecule has 5 aliphatic rings. The predicted octanol–water partition coefficient (Wildman–Crippen LogP) is -0.0970. The monoisotopic (exact) mass is 644 g/mol. The molecular formula is C32H36N8O7. The summed E-state index contributed by atoms with van der Waals surface area (Å²) in [5.74, 6) is 0.807. The van der Waals surface area contributed by atoms with Gasteiger partial charge in [-0.2, -0.15) is 9.98 Å². The van der Waals surface area contributed by atoms with Gasteiger partial charge in [0.25, 0.3) is 5.84 Å². The average Bonchev–Trinajstić information content (AvgIpc) is 3.81. The first-order valence-corrected chi connectivity index (χ1v) is 15.7. The van der Waals surface area contributed by atoms with E-state index in [-0.39, 0.29) is 36.6 Å². The molecule has 0 aliphatic carbocycles. The van der Waals surface area contributed by atoms with Crippen molar-refractivity contribution in [2.45, 2.75) is 51.4 Å². The maximum absolute atomic E-state index is 12.9. The van der Waals surface area contributed by atoms with E-state index < -0.39 is 23.6 Å². The van der Waals surface area contributed by atoms with Crippen LogP contribution in [0.4, 0.5) is 5.95 Å². The van der Waals surface area contributed by atoms with Crippen molar-refractivity contribution in [2.24, 2.45) is 20.9 Å². The third-order valence-electron chi connectivity index (χ3n) is 9.29. The number of hydrogen-bond acceptors (Lipinski definition) is 11. The first-order chi connectivity index (χ1) is 22.7. The maximum Gasteiger partial charge on any atom is 0.374 e. The predicted molar refractivity (Wildman–Crippen MR) is 168 cm³/mol. The molecule has 246 valence electrons. The van der Waals surface area contributed by atoms with Gasteiger partial charge in [0.2, 0.25) is 11.7 Å². The van der Waals surface area contributed by atoms with Gasteiger partial charge in [0.05, 0.1) is 25.5 Å². The fraction of sp³-hybridized carbons (Fsp3) is 0.438. The smallest absolute Gasteiger partial charge is 0.374 e. The molecule has 6 heterocycles. The van der Waals surface area contributed by atoms with Gasteiger partial charge in [0, 0.05) is 36.7 Å². The second kappa shape index (κ2) is 12.1. The number of aliphatic hydroxyl groups is 1. The highest BCUT2D eigenvalue weighted by Gasteiger charge is 2.46. The van der Waals surface area contributed by atoms with Crippen molar-refractivity contribution in [3.63, 3.8) is 0 Å². The summed E-state index contributed by atoms with van der Waals surface area (Å²) in [5.41, 5.74) is 1.17. The number of nitrogens with zero attached hydrogens (tertiary/aromatic N) is 5. The van der Waals surface area contributed by atoms with Gasteiger partial charge in [-0.3, -0.25) is 9.98 Å². The van der Waals surface area contributed by atoms with Crippen LogP contribution in [0.25, 0.3) is 5.57 Å². The molecule has 5 aliphatic heterocycles. The van der Waals surface area contributed by atoms with Crippen molar-refractivity contribution in [1.82, 2.24) is 14.9 Å². The normalized spacial score (nSPS) is 24.1. The van der Waals surface area contributed by atoms with Crippen molar-refractivity contribution in [3.05, 3.63) is 47.5 Å². The molecule has 0 saturated carbocycles. The van der Waals surface area contributed by atoms with Crippen LogP contribution in [0.15, 0.2) is 51.3 Å². The first kappa shape index (κ1) is 30.8. The molecule has 7 rings (SSSR count). The number of methoxy groups -OCH3 is 1. The van der Waals surface area contributed by atoms with Gasteiger partial charge < -0.3 is 34.5 Å². The lowest BCUT2D eigenvalue weighted by Gasteiger charge is -2.39. The van der Waals surface area contributed by atoms with Crippen LogP contribution in [-0.2, 0) is 22.5 Å². The van der Waals surface area contributed by atoms with Gasteiger partial charge >= 0.3 is 11.9 Å². The zero-order valence-electron chi connectivity index (χ0n) is 26.3. The minimum atomic E-state index is -1.07. The topological polar surface area (TPSA) is 192 Å². The molecule has 0 amide bonds. The number of benzene rings is 1. The number of ether oxygens (including phenoxy) is 4. The van der Waals surface area contributed by atoms with E-state index >= 15 is 0 Å². The summed E-state index contributed by atoms with van der Waals surface area (Å²) in [7, 11) is 1.58. The Morgan fingerprint density at radius 1 is 1.32 bits per heavy atom. The molecule has 15 nitrogen and oxygen atoms in total. The van der Waals surface area contributed by atoms with Crippen molar-refractivity contribution in [2.75, 3.05) is 33.5 Å². The van der Waals surface area contributed by atoms with Crippen molar-refractivity contribution in [1.29, 1.82) is 5.41 Å². The molecule has 1 saturated heterocycles. The number of allylic oxidation sites excluding steroid dienone is 3. The Kier molecular flexibility index (Phi) is 7.90. The SMILES string of the molecule is CCOC(=O)C1=CC(=CCn2ccnc2[NH+]2CN=C3C([O-])=NC(=N)N=C32)c2c(cc3c(c2OC)C[C@@H]([C@](C)(O)C2CCNCC2)O3)O1. The second-order valence-electron chi connectivity index (χ2n) is 12.1.